The first kappa shape index (κ1) is 22.7. The van der Waals surface area contributed by atoms with E-state index in [0.717, 1.165) is 20.5 Å². The lowest BCUT2D eigenvalue weighted by Crippen LogP contribution is -2.47. The third kappa shape index (κ3) is 5.30. The van der Waals surface area contributed by atoms with E-state index in [1.165, 1.54) is 0 Å². The summed E-state index contributed by atoms with van der Waals surface area (Å²) in [5, 5.41) is 3.99. The number of hydrogen-bond donors (Lipinski definition) is 2. The minimum Gasteiger partial charge on any atom is -0.442 e. The number of fused-ring (bicyclic) bond motifs is 1. The zero-order valence-corrected chi connectivity index (χ0v) is 19.2. The van der Waals surface area contributed by atoms with Gasteiger partial charge in [-0.15, -0.1) is 11.3 Å². The first-order valence-corrected chi connectivity index (χ1v) is 11.6. The average molecular weight is 459 g/mol. The molecule has 4 rings (SSSR count). The predicted molar refractivity (Wildman–Crippen MR) is 131 cm³/mol. The molecule has 33 heavy (non-hydrogen) atoms. The molecule has 1 amide bonds. The van der Waals surface area contributed by atoms with Gasteiger partial charge >= 0.3 is 5.97 Å². The molecule has 6 heteroatoms. The largest absolute Gasteiger partial charge is 0.442 e. The topological polar surface area (TPSA) is 81.4 Å². The van der Waals surface area contributed by atoms with Crippen molar-refractivity contribution in [1.29, 1.82) is 0 Å². The van der Waals surface area contributed by atoms with Crippen molar-refractivity contribution in [3.8, 4) is 0 Å². The Bertz CT molecular complexity index is 1210. The lowest BCUT2D eigenvalue weighted by Gasteiger charge is -2.27. The number of esters is 1. The molecule has 2 atom stereocenters. The number of hydrogen-bond acceptors (Lipinski definition) is 5. The molecule has 1 heterocycles. The minimum absolute atomic E-state index is 0.216. The van der Waals surface area contributed by atoms with E-state index >= 15 is 0 Å². The van der Waals surface area contributed by atoms with E-state index in [1.54, 1.807) is 30.4 Å². The van der Waals surface area contributed by atoms with Crippen molar-refractivity contribution in [3.05, 3.63) is 107 Å². The second kappa shape index (κ2) is 9.98. The molecule has 0 bridgehead atoms. The lowest BCUT2D eigenvalue weighted by molar-refractivity contribution is -0.165. The molecule has 4 aromatic rings. The summed E-state index contributed by atoms with van der Waals surface area (Å²) in [5.41, 5.74) is 6.31. The number of amides is 1. The van der Waals surface area contributed by atoms with E-state index in [0.29, 0.717) is 12.1 Å². The van der Waals surface area contributed by atoms with Crippen LogP contribution in [0.25, 0.3) is 10.1 Å². The van der Waals surface area contributed by atoms with Crippen LogP contribution in [0.1, 0.15) is 29.2 Å². The molecule has 0 aliphatic carbocycles. The molecule has 0 aliphatic heterocycles. The predicted octanol–water partition coefficient (Wildman–Crippen LogP) is 4.97. The lowest BCUT2D eigenvalue weighted by atomic mass is 9.84. The SMILES string of the molecule is CC(Cc1cc2ccccc2s1)(C(=O)NCc1ccccc1)C(=O)OC(N)c1ccccc1. The van der Waals surface area contributed by atoms with Crippen molar-refractivity contribution in [2.24, 2.45) is 11.1 Å². The number of rotatable bonds is 8. The average Bonchev–Trinajstić information content (AvgIpc) is 3.25. The Balaban J connectivity index is 1.58. The highest BCUT2D eigenvalue weighted by Gasteiger charge is 2.44. The summed E-state index contributed by atoms with van der Waals surface area (Å²) in [6, 6.07) is 28.7. The second-order valence-electron chi connectivity index (χ2n) is 8.16. The Morgan fingerprint density at radius 1 is 0.970 bits per heavy atom. The Labute approximate surface area is 197 Å². The number of carbonyl (C=O) groups excluding carboxylic acids is 2. The molecule has 0 saturated heterocycles. The Kier molecular flexibility index (Phi) is 6.87. The molecule has 3 N–H and O–H groups in total. The van der Waals surface area contributed by atoms with Gasteiger partial charge in [-0.25, -0.2) is 0 Å². The maximum absolute atomic E-state index is 13.4. The molecule has 0 saturated carbocycles. The third-order valence-corrected chi connectivity index (χ3v) is 6.73. The first-order chi connectivity index (χ1) is 16.0. The van der Waals surface area contributed by atoms with Gasteiger partial charge < -0.3 is 10.1 Å². The highest BCUT2D eigenvalue weighted by Crippen LogP contribution is 2.33. The number of nitrogens with one attached hydrogen (secondary N) is 1. The smallest absolute Gasteiger partial charge is 0.323 e. The number of thiophene rings is 1. The number of nitrogens with two attached hydrogens (primary N) is 1. The molecule has 0 fully saturated rings. The van der Waals surface area contributed by atoms with Crippen LogP contribution in [-0.2, 0) is 27.3 Å². The Morgan fingerprint density at radius 2 is 1.61 bits per heavy atom. The quantitative estimate of drug-likeness (QED) is 0.222. The fraction of sp³-hybridized carbons (Fsp3) is 0.185. The number of carbonyl (C=O) groups is 2. The normalized spacial score (nSPS) is 13.8. The van der Waals surface area contributed by atoms with Gasteiger partial charge in [-0.2, -0.15) is 0 Å². The molecule has 0 aliphatic rings. The molecule has 1 aromatic heterocycles. The zero-order chi connectivity index (χ0) is 23.3. The maximum Gasteiger partial charge on any atom is 0.323 e. The van der Waals surface area contributed by atoms with Crippen molar-refractivity contribution in [2.45, 2.75) is 26.1 Å². The van der Waals surface area contributed by atoms with E-state index < -0.39 is 23.5 Å². The Morgan fingerprint density at radius 3 is 2.30 bits per heavy atom. The van der Waals surface area contributed by atoms with E-state index in [1.807, 2.05) is 78.9 Å². The van der Waals surface area contributed by atoms with Gasteiger partial charge in [-0.3, -0.25) is 15.3 Å². The fourth-order valence-corrected chi connectivity index (χ4v) is 4.87. The monoisotopic (exact) mass is 458 g/mol. The van der Waals surface area contributed by atoms with Crippen LogP contribution in [0.2, 0.25) is 0 Å². The van der Waals surface area contributed by atoms with Crippen LogP contribution in [0.5, 0.6) is 0 Å². The molecule has 0 radical (unpaired) electrons. The van der Waals surface area contributed by atoms with E-state index in [4.69, 9.17) is 10.5 Å². The number of ether oxygens (including phenoxy) is 1. The van der Waals surface area contributed by atoms with Crippen LogP contribution in [0.4, 0.5) is 0 Å². The van der Waals surface area contributed by atoms with Crippen LogP contribution < -0.4 is 11.1 Å². The van der Waals surface area contributed by atoms with Crippen molar-refractivity contribution in [3.63, 3.8) is 0 Å². The summed E-state index contributed by atoms with van der Waals surface area (Å²) < 4.78 is 6.71. The minimum atomic E-state index is -1.44. The summed E-state index contributed by atoms with van der Waals surface area (Å²) in [5.74, 6) is -1.05. The van der Waals surface area contributed by atoms with E-state index in [2.05, 4.69) is 5.32 Å². The molecule has 0 spiro atoms. The second-order valence-corrected chi connectivity index (χ2v) is 9.33. The Hall–Kier alpha value is -3.48. The zero-order valence-electron chi connectivity index (χ0n) is 18.4. The standard InChI is InChI=1S/C27H26N2O3S/c1-27(25(30)29-18-19-10-4-2-5-11-19,17-22-16-21-14-8-9-15-23(21)33-22)26(31)32-24(28)20-12-6-3-7-13-20/h2-16,24H,17-18,28H2,1H3,(H,29,30). The summed E-state index contributed by atoms with van der Waals surface area (Å²) in [6.07, 6.45) is -0.741. The van der Waals surface area contributed by atoms with E-state index in [-0.39, 0.29) is 6.42 Å². The van der Waals surface area contributed by atoms with Gasteiger partial charge in [0.25, 0.3) is 0 Å². The summed E-state index contributed by atoms with van der Waals surface area (Å²) in [6.45, 7) is 1.94. The first-order valence-electron chi connectivity index (χ1n) is 10.8. The van der Waals surface area contributed by atoms with Crippen LogP contribution in [0, 0.1) is 5.41 Å². The molecular weight excluding hydrogens is 432 g/mol. The van der Waals surface area contributed by atoms with E-state index in [9.17, 15) is 9.59 Å². The van der Waals surface area contributed by atoms with Crippen LogP contribution >= 0.6 is 11.3 Å². The summed E-state index contributed by atoms with van der Waals surface area (Å²) in [7, 11) is 0. The van der Waals surface area contributed by atoms with Gasteiger partial charge in [0.05, 0.1) is 0 Å². The van der Waals surface area contributed by atoms with Crippen molar-refractivity contribution in [2.75, 3.05) is 0 Å². The fourth-order valence-electron chi connectivity index (χ4n) is 3.65. The highest BCUT2D eigenvalue weighted by molar-refractivity contribution is 7.19. The highest BCUT2D eigenvalue weighted by atomic mass is 32.1. The maximum atomic E-state index is 13.4. The molecular formula is C27H26N2O3S. The van der Waals surface area contributed by atoms with Crippen LogP contribution in [0.3, 0.4) is 0 Å². The van der Waals surface area contributed by atoms with Gasteiger partial charge in [0.15, 0.2) is 6.23 Å². The van der Waals surface area contributed by atoms with Crippen molar-refractivity contribution in [1.82, 2.24) is 5.32 Å². The van der Waals surface area contributed by atoms with Gasteiger partial charge in [-0.1, -0.05) is 78.9 Å². The van der Waals surface area contributed by atoms with Gasteiger partial charge in [0.2, 0.25) is 5.91 Å². The summed E-state index contributed by atoms with van der Waals surface area (Å²) >= 11 is 1.57. The molecule has 2 unspecified atom stereocenters. The summed E-state index contributed by atoms with van der Waals surface area (Å²) in [4.78, 5) is 27.7. The van der Waals surface area contributed by atoms with Crippen molar-refractivity contribution < 1.29 is 14.3 Å². The van der Waals surface area contributed by atoms with Crippen LogP contribution in [0.15, 0.2) is 91.0 Å². The number of benzene rings is 3. The molecule has 168 valence electrons. The van der Waals surface area contributed by atoms with Crippen LogP contribution in [-0.4, -0.2) is 11.9 Å². The van der Waals surface area contributed by atoms with Gasteiger partial charge in [0.1, 0.15) is 5.41 Å². The van der Waals surface area contributed by atoms with Gasteiger partial charge in [-0.05, 0) is 30.0 Å². The van der Waals surface area contributed by atoms with Gasteiger partial charge in [0, 0.05) is 28.1 Å². The third-order valence-electron chi connectivity index (χ3n) is 5.61. The molecule has 3 aromatic carbocycles. The van der Waals surface area contributed by atoms with Crippen molar-refractivity contribution >= 4 is 33.3 Å². The molecule has 5 nitrogen and oxygen atoms in total.